The molecule has 3 heterocycles. The third kappa shape index (κ3) is 3.34. The van der Waals surface area contributed by atoms with Crippen molar-refractivity contribution >= 4 is 11.8 Å². The summed E-state index contributed by atoms with van der Waals surface area (Å²) < 4.78 is 7.19. The van der Waals surface area contributed by atoms with Gasteiger partial charge in [-0.25, -0.2) is 9.78 Å². The monoisotopic (exact) mass is 315 g/mol. The molecule has 1 saturated heterocycles. The lowest BCUT2D eigenvalue weighted by Crippen LogP contribution is -2.51. The van der Waals surface area contributed by atoms with Gasteiger partial charge < -0.3 is 9.64 Å². The highest BCUT2D eigenvalue weighted by Crippen LogP contribution is 2.17. The topological polar surface area (TPSA) is 72.3 Å². The number of nitrogens with zero attached hydrogens (tertiary/aromatic N) is 4. The molecule has 2 atom stereocenters. The Kier molecular flexibility index (Phi) is 4.29. The lowest BCUT2D eigenvalue weighted by Gasteiger charge is -2.36. The van der Waals surface area contributed by atoms with Crippen molar-refractivity contribution < 1.29 is 9.53 Å². The zero-order chi connectivity index (χ0) is 16.4. The Morgan fingerprint density at radius 2 is 2.17 bits per heavy atom. The third-order valence-corrected chi connectivity index (χ3v) is 3.86. The van der Waals surface area contributed by atoms with Crippen molar-refractivity contribution in [2.24, 2.45) is 0 Å². The molecular formula is C16H21N5O2. The molecule has 1 fully saturated rings. The fourth-order valence-corrected chi connectivity index (χ4v) is 2.58. The minimum Gasteiger partial charge on any atom is -0.375 e. The number of hydrogen-bond acceptors (Lipinski definition) is 4. The van der Waals surface area contributed by atoms with Gasteiger partial charge in [-0.1, -0.05) is 0 Å². The highest BCUT2D eigenvalue weighted by Gasteiger charge is 2.28. The van der Waals surface area contributed by atoms with Crippen LogP contribution in [-0.2, 0) is 4.74 Å². The molecule has 3 rings (SSSR count). The Hall–Kier alpha value is -2.41. The number of ether oxygens (including phenoxy) is 1. The minimum atomic E-state index is -0.151. The predicted octanol–water partition coefficient (Wildman–Crippen LogP) is 2.22. The summed E-state index contributed by atoms with van der Waals surface area (Å²) in [7, 11) is 0. The molecule has 0 radical (unpaired) electrons. The lowest BCUT2D eigenvalue weighted by atomic mass is 10.2. The van der Waals surface area contributed by atoms with Crippen molar-refractivity contribution in [3.8, 4) is 5.82 Å². The highest BCUT2D eigenvalue weighted by molar-refractivity contribution is 5.89. The number of aryl methyl sites for hydroxylation is 1. The second-order valence-electron chi connectivity index (χ2n) is 5.90. The van der Waals surface area contributed by atoms with Crippen molar-refractivity contribution in [3.05, 3.63) is 36.2 Å². The first-order chi connectivity index (χ1) is 11.0. The number of aromatic nitrogens is 3. The molecule has 0 bridgehead atoms. The third-order valence-electron chi connectivity index (χ3n) is 3.86. The van der Waals surface area contributed by atoms with E-state index in [-0.39, 0.29) is 18.2 Å². The minimum absolute atomic E-state index is 0.0414. The van der Waals surface area contributed by atoms with E-state index in [1.54, 1.807) is 28.0 Å². The van der Waals surface area contributed by atoms with Crippen molar-refractivity contribution in [1.82, 2.24) is 19.7 Å². The van der Waals surface area contributed by atoms with E-state index in [1.165, 1.54) is 0 Å². The molecule has 2 aromatic rings. The largest absolute Gasteiger partial charge is 0.375 e. The molecule has 23 heavy (non-hydrogen) atoms. The Balaban J connectivity index is 1.79. The number of pyridine rings is 1. The van der Waals surface area contributed by atoms with E-state index < -0.39 is 0 Å². The van der Waals surface area contributed by atoms with Crippen molar-refractivity contribution in [2.45, 2.75) is 32.9 Å². The zero-order valence-electron chi connectivity index (χ0n) is 13.6. The maximum Gasteiger partial charge on any atom is 0.323 e. The molecule has 7 heteroatoms. The van der Waals surface area contributed by atoms with Crippen LogP contribution in [0, 0.1) is 6.92 Å². The molecular weight excluding hydrogens is 294 g/mol. The average molecular weight is 315 g/mol. The fraction of sp³-hybridized carbons (Fsp3) is 0.438. The quantitative estimate of drug-likeness (QED) is 0.922. The van der Waals surface area contributed by atoms with Crippen molar-refractivity contribution in [3.63, 3.8) is 0 Å². The van der Waals surface area contributed by atoms with Gasteiger partial charge in [-0.3, -0.25) is 5.32 Å². The number of rotatable bonds is 2. The van der Waals surface area contributed by atoms with E-state index in [0.29, 0.717) is 24.8 Å². The average Bonchev–Trinajstić information content (AvgIpc) is 2.97. The Morgan fingerprint density at radius 1 is 1.35 bits per heavy atom. The van der Waals surface area contributed by atoms with Gasteiger partial charge >= 0.3 is 6.03 Å². The first-order valence-electron chi connectivity index (χ1n) is 7.71. The van der Waals surface area contributed by atoms with Crippen LogP contribution in [0.25, 0.3) is 5.82 Å². The van der Waals surface area contributed by atoms with Gasteiger partial charge in [0, 0.05) is 18.8 Å². The number of urea groups is 1. The van der Waals surface area contributed by atoms with Gasteiger partial charge in [0.05, 0.1) is 24.9 Å². The van der Waals surface area contributed by atoms with Crippen molar-refractivity contribution in [2.75, 3.05) is 18.5 Å². The summed E-state index contributed by atoms with van der Waals surface area (Å²) in [6.45, 7) is 7.05. The summed E-state index contributed by atoms with van der Waals surface area (Å²) in [4.78, 5) is 18.7. The highest BCUT2D eigenvalue weighted by atomic mass is 16.5. The van der Waals surface area contributed by atoms with E-state index in [1.807, 2.05) is 32.9 Å². The summed E-state index contributed by atoms with van der Waals surface area (Å²) in [6.07, 6.45) is 3.41. The maximum atomic E-state index is 12.6. The number of nitrogens with one attached hydrogen (secondary N) is 1. The first kappa shape index (κ1) is 15.5. The van der Waals surface area contributed by atoms with Gasteiger partial charge in [0.1, 0.15) is 5.82 Å². The second-order valence-corrected chi connectivity index (χ2v) is 5.90. The van der Waals surface area contributed by atoms with Gasteiger partial charge in [0.25, 0.3) is 0 Å². The summed E-state index contributed by atoms with van der Waals surface area (Å²) in [5.41, 5.74) is 1.08. The Labute approximate surface area is 135 Å². The molecule has 0 saturated carbocycles. The van der Waals surface area contributed by atoms with Crippen LogP contribution < -0.4 is 5.32 Å². The van der Waals surface area contributed by atoms with Crippen molar-refractivity contribution in [1.29, 1.82) is 0 Å². The van der Waals surface area contributed by atoms with Crippen LogP contribution >= 0.6 is 0 Å². The molecule has 2 aromatic heterocycles. The number of carbonyl (C=O) groups is 1. The number of amides is 2. The molecule has 0 aromatic carbocycles. The molecule has 0 spiro atoms. The molecule has 2 amide bonds. The van der Waals surface area contributed by atoms with Crippen LogP contribution in [-0.4, -0.2) is 51.0 Å². The summed E-state index contributed by atoms with van der Waals surface area (Å²) in [6, 6.07) is 5.49. The molecule has 1 aliphatic heterocycles. The van der Waals surface area contributed by atoms with E-state index >= 15 is 0 Å². The van der Waals surface area contributed by atoms with E-state index in [4.69, 9.17) is 4.74 Å². The summed E-state index contributed by atoms with van der Waals surface area (Å²) in [5.74, 6) is 1.27. The molecule has 1 N–H and O–H groups in total. The van der Waals surface area contributed by atoms with Gasteiger partial charge in [-0.2, -0.15) is 9.78 Å². The van der Waals surface area contributed by atoms with Crippen LogP contribution in [0.3, 0.4) is 0 Å². The standard InChI is InChI=1S/C16H21N5O2/c1-11-4-6-17-15(8-11)21-14(5-7-18-21)19-16(22)20-9-13(3)23-10-12(20)2/h4-8,12-13H,9-10H2,1-3H3,(H,19,22)/t12-,13-/m1/s1. The fourth-order valence-electron chi connectivity index (χ4n) is 2.58. The van der Waals surface area contributed by atoms with Crippen LogP contribution in [0.1, 0.15) is 19.4 Å². The Bertz CT molecular complexity index is 699. The van der Waals surface area contributed by atoms with Gasteiger partial charge in [0.15, 0.2) is 5.82 Å². The van der Waals surface area contributed by atoms with Crippen LogP contribution in [0.15, 0.2) is 30.6 Å². The van der Waals surface area contributed by atoms with E-state index in [9.17, 15) is 4.79 Å². The molecule has 0 aliphatic carbocycles. The predicted molar refractivity (Wildman–Crippen MR) is 86.7 cm³/mol. The van der Waals surface area contributed by atoms with Crippen LogP contribution in [0.2, 0.25) is 0 Å². The van der Waals surface area contributed by atoms with Gasteiger partial charge in [-0.15, -0.1) is 0 Å². The summed E-state index contributed by atoms with van der Waals surface area (Å²) in [5, 5.41) is 7.18. The molecule has 7 nitrogen and oxygen atoms in total. The Morgan fingerprint density at radius 3 is 2.96 bits per heavy atom. The SMILES string of the molecule is Cc1ccnc(-n2nccc2NC(=O)N2C[C@@H](C)OC[C@H]2C)c1. The maximum absolute atomic E-state index is 12.6. The second kappa shape index (κ2) is 6.37. The summed E-state index contributed by atoms with van der Waals surface area (Å²) >= 11 is 0. The van der Waals surface area contributed by atoms with Crippen LogP contribution in [0.5, 0.6) is 0 Å². The van der Waals surface area contributed by atoms with E-state index in [0.717, 1.165) is 5.56 Å². The number of carbonyl (C=O) groups excluding carboxylic acids is 1. The van der Waals surface area contributed by atoms with Gasteiger partial charge in [0.2, 0.25) is 0 Å². The normalized spacial score (nSPS) is 21.3. The molecule has 122 valence electrons. The number of hydrogen-bond donors (Lipinski definition) is 1. The van der Waals surface area contributed by atoms with Gasteiger partial charge in [-0.05, 0) is 38.5 Å². The molecule has 1 aliphatic rings. The smallest absolute Gasteiger partial charge is 0.323 e. The lowest BCUT2D eigenvalue weighted by molar-refractivity contribution is -0.0296. The number of morpholine rings is 1. The molecule has 0 unspecified atom stereocenters. The zero-order valence-corrected chi connectivity index (χ0v) is 13.6. The first-order valence-corrected chi connectivity index (χ1v) is 7.71. The van der Waals surface area contributed by atoms with E-state index in [2.05, 4.69) is 15.4 Å². The number of anilines is 1. The van der Waals surface area contributed by atoms with Crippen LogP contribution in [0.4, 0.5) is 10.6 Å².